The fourth-order valence-corrected chi connectivity index (χ4v) is 6.43. The number of unbranched alkanes of at least 4 members (excludes halogenated alkanes) is 3. The van der Waals surface area contributed by atoms with Gasteiger partial charge in [0.05, 0.1) is 26.9 Å². The SMILES string of the molecule is CCCCOc1cc(OCCCC)c2c(c1)O[C@H](c1ccc(OCCCC)c(O[C@@H]3OC(C(=O)OC)[C@@H](OC(C)=O)[C@H](OC(C)=O)C3OC(C)=O)c1)[C@H](OC(C)=O)C2. The van der Waals surface area contributed by atoms with E-state index in [0.29, 0.717) is 54.6 Å². The van der Waals surface area contributed by atoms with Gasteiger partial charge in [0.15, 0.2) is 35.9 Å². The van der Waals surface area contributed by atoms with E-state index in [0.717, 1.165) is 60.0 Å². The van der Waals surface area contributed by atoms with Gasteiger partial charge in [0.1, 0.15) is 23.4 Å². The molecule has 0 amide bonds. The highest BCUT2D eigenvalue weighted by molar-refractivity contribution is 5.77. The Bertz CT molecular complexity index is 1720. The largest absolute Gasteiger partial charge is 0.493 e. The van der Waals surface area contributed by atoms with Gasteiger partial charge in [0, 0.05) is 57.4 Å². The quantitative estimate of drug-likeness (QED) is 0.0872. The van der Waals surface area contributed by atoms with Gasteiger partial charge in [-0.1, -0.05) is 46.1 Å². The van der Waals surface area contributed by atoms with Crippen molar-refractivity contribution in [2.24, 2.45) is 0 Å². The van der Waals surface area contributed by atoms with E-state index in [4.69, 9.17) is 52.1 Å². The maximum Gasteiger partial charge on any atom is 0.339 e. The highest BCUT2D eigenvalue weighted by atomic mass is 16.7. The van der Waals surface area contributed by atoms with Gasteiger partial charge in [-0.25, -0.2) is 4.79 Å². The Morgan fingerprint density at radius 2 is 1.22 bits per heavy atom. The standard InChI is InChI=1S/C42H56O16/c1-9-12-17-49-29-21-32(51-19-14-11-3)30-23-35(52-24(4)43)36(56-33(30)22-29)28-15-16-31(50-18-13-10-2)34(20-28)57-42-40(55-27(7)46)38(54-26(6)45)37(53-25(5)44)39(58-42)41(47)48-8/h15-16,20-22,35-40,42H,9-14,17-19,23H2,1-8H3/t35-,36-,37+,38+,39?,40?,42-/m1/s1. The molecule has 7 atom stereocenters. The predicted octanol–water partition coefficient (Wildman–Crippen LogP) is 5.90. The first-order valence-electron chi connectivity index (χ1n) is 19.7. The molecule has 0 aliphatic carbocycles. The average Bonchev–Trinajstić information content (AvgIpc) is 3.16. The second-order valence-electron chi connectivity index (χ2n) is 13.9. The lowest BCUT2D eigenvalue weighted by Gasteiger charge is -2.43. The number of rotatable bonds is 20. The van der Waals surface area contributed by atoms with Crippen molar-refractivity contribution < 1.29 is 76.1 Å². The zero-order chi connectivity index (χ0) is 42.4. The third-order valence-corrected chi connectivity index (χ3v) is 9.11. The minimum atomic E-state index is -1.68. The molecule has 16 heteroatoms. The lowest BCUT2D eigenvalue weighted by atomic mass is 9.93. The molecule has 0 radical (unpaired) electrons. The summed E-state index contributed by atoms with van der Waals surface area (Å²) >= 11 is 0. The Morgan fingerprint density at radius 1 is 0.655 bits per heavy atom. The van der Waals surface area contributed by atoms with Crippen LogP contribution in [0, 0.1) is 0 Å². The number of hydrogen-bond acceptors (Lipinski definition) is 16. The topological polar surface area (TPSA) is 187 Å². The zero-order valence-corrected chi connectivity index (χ0v) is 34.5. The molecule has 1 fully saturated rings. The molecule has 58 heavy (non-hydrogen) atoms. The number of ether oxygens (including phenoxy) is 11. The lowest BCUT2D eigenvalue weighted by Crippen LogP contribution is -2.64. The fourth-order valence-electron chi connectivity index (χ4n) is 6.43. The second kappa shape index (κ2) is 22.0. The summed E-state index contributed by atoms with van der Waals surface area (Å²) in [7, 11) is 1.09. The average molecular weight is 817 g/mol. The van der Waals surface area contributed by atoms with Crippen LogP contribution in [0.25, 0.3) is 0 Å². The maximum atomic E-state index is 13.1. The van der Waals surface area contributed by atoms with E-state index in [1.165, 1.54) is 6.92 Å². The highest BCUT2D eigenvalue weighted by Gasteiger charge is 2.56. The van der Waals surface area contributed by atoms with Crippen LogP contribution in [0.2, 0.25) is 0 Å². The van der Waals surface area contributed by atoms with Gasteiger partial charge in [-0.2, -0.15) is 0 Å². The third-order valence-electron chi connectivity index (χ3n) is 9.11. The molecule has 2 unspecified atom stereocenters. The summed E-state index contributed by atoms with van der Waals surface area (Å²) in [5.41, 5.74) is 1.20. The van der Waals surface area contributed by atoms with Gasteiger partial charge in [0.2, 0.25) is 12.4 Å². The highest BCUT2D eigenvalue weighted by Crippen LogP contribution is 2.45. The van der Waals surface area contributed by atoms with Crippen LogP contribution in [0.4, 0.5) is 0 Å². The summed E-state index contributed by atoms with van der Waals surface area (Å²) < 4.78 is 64.8. The lowest BCUT2D eigenvalue weighted by molar-refractivity contribution is -0.282. The van der Waals surface area contributed by atoms with Crippen LogP contribution in [-0.4, -0.2) is 93.6 Å². The monoisotopic (exact) mass is 816 g/mol. The minimum Gasteiger partial charge on any atom is -0.493 e. The van der Waals surface area contributed by atoms with Crippen LogP contribution in [0.3, 0.4) is 0 Å². The molecule has 2 aliphatic rings. The molecule has 2 aliphatic heterocycles. The Morgan fingerprint density at radius 3 is 1.81 bits per heavy atom. The number of esters is 5. The summed E-state index contributed by atoms with van der Waals surface area (Å²) in [4.78, 5) is 62.7. The van der Waals surface area contributed by atoms with Gasteiger partial charge in [0.25, 0.3) is 0 Å². The van der Waals surface area contributed by atoms with Gasteiger partial charge in [-0.15, -0.1) is 0 Å². The molecule has 4 rings (SSSR count). The molecule has 0 N–H and O–H groups in total. The smallest absolute Gasteiger partial charge is 0.339 e. The van der Waals surface area contributed by atoms with E-state index in [2.05, 4.69) is 13.8 Å². The normalized spacial score (nSPS) is 22.2. The van der Waals surface area contributed by atoms with Crippen LogP contribution < -0.4 is 23.7 Å². The molecule has 0 bridgehead atoms. The van der Waals surface area contributed by atoms with Crippen molar-refractivity contribution in [2.45, 2.75) is 136 Å². The van der Waals surface area contributed by atoms with E-state index in [1.807, 2.05) is 13.0 Å². The molecule has 0 spiro atoms. The fraction of sp³-hybridized carbons (Fsp3) is 0.595. The Balaban J connectivity index is 1.83. The molecule has 2 aromatic rings. The number of fused-ring (bicyclic) bond motifs is 1. The molecule has 1 saturated heterocycles. The third kappa shape index (κ3) is 12.4. The molecule has 320 valence electrons. The van der Waals surface area contributed by atoms with Crippen molar-refractivity contribution in [2.75, 3.05) is 26.9 Å². The predicted molar refractivity (Wildman–Crippen MR) is 205 cm³/mol. The molecule has 2 heterocycles. The van der Waals surface area contributed by atoms with E-state index in [1.54, 1.807) is 24.3 Å². The molecular formula is C42H56O16. The maximum absolute atomic E-state index is 13.1. The van der Waals surface area contributed by atoms with Crippen LogP contribution >= 0.6 is 0 Å². The van der Waals surface area contributed by atoms with Crippen molar-refractivity contribution >= 4 is 29.8 Å². The van der Waals surface area contributed by atoms with Gasteiger partial charge >= 0.3 is 29.8 Å². The zero-order valence-electron chi connectivity index (χ0n) is 34.5. The van der Waals surface area contributed by atoms with Gasteiger partial charge in [-0.3, -0.25) is 19.2 Å². The van der Waals surface area contributed by atoms with Gasteiger partial charge < -0.3 is 52.1 Å². The molecule has 0 aromatic heterocycles. The summed E-state index contributed by atoms with van der Waals surface area (Å²) in [5, 5.41) is 0. The second-order valence-corrected chi connectivity index (χ2v) is 13.9. The Hall–Kier alpha value is -5.25. The Labute approximate surface area is 338 Å². The molecular weight excluding hydrogens is 760 g/mol. The van der Waals surface area contributed by atoms with Gasteiger partial charge in [-0.05, 0) is 31.4 Å². The first-order valence-corrected chi connectivity index (χ1v) is 19.7. The van der Waals surface area contributed by atoms with Crippen LogP contribution in [0.15, 0.2) is 30.3 Å². The number of carbonyl (C=O) groups is 5. The van der Waals surface area contributed by atoms with Crippen LogP contribution in [0.1, 0.15) is 104 Å². The van der Waals surface area contributed by atoms with Crippen molar-refractivity contribution in [3.05, 3.63) is 41.5 Å². The summed E-state index contributed by atoms with van der Waals surface area (Å²) in [6.07, 6.45) is -4.46. The number of methoxy groups -OCH3 is 1. The molecule has 2 aromatic carbocycles. The molecule has 16 nitrogen and oxygen atoms in total. The number of benzene rings is 2. The van der Waals surface area contributed by atoms with E-state index >= 15 is 0 Å². The summed E-state index contributed by atoms with van der Waals surface area (Å²) in [5.74, 6) is -2.12. The van der Waals surface area contributed by atoms with E-state index in [9.17, 15) is 24.0 Å². The van der Waals surface area contributed by atoms with Crippen LogP contribution in [0.5, 0.6) is 28.7 Å². The van der Waals surface area contributed by atoms with Crippen LogP contribution in [-0.2, 0) is 58.8 Å². The first-order chi connectivity index (χ1) is 27.8. The van der Waals surface area contributed by atoms with E-state index < -0.39 is 72.8 Å². The van der Waals surface area contributed by atoms with Crippen molar-refractivity contribution in [1.82, 2.24) is 0 Å². The van der Waals surface area contributed by atoms with Crippen molar-refractivity contribution in [3.63, 3.8) is 0 Å². The summed E-state index contributed by atoms with van der Waals surface area (Å²) in [6.45, 7) is 12.0. The first kappa shape index (κ1) is 45.5. The number of carbonyl (C=O) groups excluding carboxylic acids is 5. The number of hydrogen-bond donors (Lipinski definition) is 0. The van der Waals surface area contributed by atoms with E-state index in [-0.39, 0.29) is 17.9 Å². The van der Waals surface area contributed by atoms with Crippen molar-refractivity contribution in [3.8, 4) is 28.7 Å². The Kier molecular flexibility index (Phi) is 17.3. The molecule has 0 saturated carbocycles. The summed E-state index contributed by atoms with van der Waals surface area (Å²) in [6, 6.07) is 8.58. The minimum absolute atomic E-state index is 0.0445. The van der Waals surface area contributed by atoms with Crippen molar-refractivity contribution in [1.29, 1.82) is 0 Å².